The first-order valence-electron chi connectivity index (χ1n) is 8.07. The van der Waals surface area contributed by atoms with Gasteiger partial charge in [-0.25, -0.2) is 9.97 Å². The summed E-state index contributed by atoms with van der Waals surface area (Å²) in [7, 11) is 0. The van der Waals surface area contributed by atoms with Crippen molar-refractivity contribution in [2.45, 2.75) is 39.3 Å². The molecule has 0 radical (unpaired) electrons. The number of hydrogen-bond donors (Lipinski definition) is 2. The van der Waals surface area contributed by atoms with Gasteiger partial charge in [0.15, 0.2) is 0 Å². The molecular weight excluding hydrogens is 292 g/mol. The van der Waals surface area contributed by atoms with E-state index in [-0.39, 0.29) is 0 Å². The van der Waals surface area contributed by atoms with Crippen molar-refractivity contribution >= 4 is 11.8 Å². The van der Waals surface area contributed by atoms with E-state index < -0.39 is 0 Å². The van der Waals surface area contributed by atoms with Gasteiger partial charge < -0.3 is 20.4 Å². The summed E-state index contributed by atoms with van der Waals surface area (Å²) in [5.41, 5.74) is 7.93. The van der Waals surface area contributed by atoms with Crippen molar-refractivity contribution in [1.82, 2.24) is 19.5 Å². The molecule has 0 amide bonds. The fraction of sp³-hybridized carbons (Fsp3) is 0.562. The number of nitrogens with zero attached hydrogens (tertiary/aromatic N) is 4. The van der Waals surface area contributed by atoms with E-state index >= 15 is 0 Å². The lowest BCUT2D eigenvalue weighted by Crippen LogP contribution is -2.12. The van der Waals surface area contributed by atoms with Crippen LogP contribution in [0.15, 0.2) is 18.6 Å². The normalized spacial score (nSPS) is 17.8. The van der Waals surface area contributed by atoms with Crippen molar-refractivity contribution in [1.29, 1.82) is 0 Å². The van der Waals surface area contributed by atoms with Crippen molar-refractivity contribution in [3.8, 4) is 0 Å². The van der Waals surface area contributed by atoms with Gasteiger partial charge in [-0.3, -0.25) is 0 Å². The van der Waals surface area contributed by atoms with E-state index in [0.717, 1.165) is 36.8 Å². The van der Waals surface area contributed by atoms with Crippen LogP contribution in [0.3, 0.4) is 0 Å². The van der Waals surface area contributed by atoms with Gasteiger partial charge in [-0.05, 0) is 12.3 Å². The second-order valence-electron chi connectivity index (χ2n) is 6.38. The Morgan fingerprint density at radius 2 is 2.30 bits per heavy atom. The van der Waals surface area contributed by atoms with Gasteiger partial charge in [0.1, 0.15) is 5.82 Å². The van der Waals surface area contributed by atoms with Crippen molar-refractivity contribution in [3.05, 3.63) is 30.0 Å². The molecule has 1 aliphatic heterocycles. The SMILES string of the molecule is CC(C)Cn1cncc1CNc1cc(C2CCOC2)nc(N)n1. The third-order valence-corrected chi connectivity index (χ3v) is 3.92. The molecule has 124 valence electrons. The number of nitrogen functional groups attached to an aromatic ring is 1. The van der Waals surface area contributed by atoms with Gasteiger partial charge in [0, 0.05) is 31.3 Å². The second-order valence-corrected chi connectivity index (χ2v) is 6.38. The molecule has 0 aromatic carbocycles. The zero-order valence-electron chi connectivity index (χ0n) is 13.7. The summed E-state index contributed by atoms with van der Waals surface area (Å²) in [4.78, 5) is 12.9. The Hall–Kier alpha value is -2.15. The molecule has 2 aromatic rings. The molecule has 3 heterocycles. The molecule has 23 heavy (non-hydrogen) atoms. The summed E-state index contributed by atoms with van der Waals surface area (Å²) in [6.07, 6.45) is 4.73. The first kappa shape index (κ1) is 15.7. The van der Waals surface area contributed by atoms with Crippen molar-refractivity contribution in [3.63, 3.8) is 0 Å². The van der Waals surface area contributed by atoms with Crippen LogP contribution in [0.1, 0.15) is 37.6 Å². The Labute approximate surface area is 136 Å². The highest BCUT2D eigenvalue weighted by molar-refractivity contribution is 5.42. The molecule has 0 aliphatic carbocycles. The van der Waals surface area contributed by atoms with Gasteiger partial charge in [-0.15, -0.1) is 0 Å². The number of anilines is 2. The van der Waals surface area contributed by atoms with Crippen LogP contribution in [0.2, 0.25) is 0 Å². The lowest BCUT2D eigenvalue weighted by Gasteiger charge is -2.13. The van der Waals surface area contributed by atoms with E-state index in [1.165, 1.54) is 0 Å². The molecule has 7 nitrogen and oxygen atoms in total. The first-order chi connectivity index (χ1) is 11.1. The van der Waals surface area contributed by atoms with E-state index in [1.807, 2.05) is 18.6 Å². The maximum Gasteiger partial charge on any atom is 0.222 e. The summed E-state index contributed by atoms with van der Waals surface area (Å²) >= 11 is 0. The lowest BCUT2D eigenvalue weighted by molar-refractivity contribution is 0.193. The van der Waals surface area contributed by atoms with Gasteiger partial charge in [0.25, 0.3) is 0 Å². The summed E-state index contributed by atoms with van der Waals surface area (Å²) in [6, 6.07) is 1.97. The predicted molar refractivity (Wildman–Crippen MR) is 89.0 cm³/mol. The Morgan fingerprint density at radius 1 is 1.43 bits per heavy atom. The quantitative estimate of drug-likeness (QED) is 0.847. The maximum atomic E-state index is 5.85. The topological polar surface area (TPSA) is 90.9 Å². The molecule has 1 aliphatic rings. The average Bonchev–Trinajstić information content (AvgIpc) is 3.15. The lowest BCUT2D eigenvalue weighted by atomic mass is 10.0. The Bertz CT molecular complexity index is 648. The summed E-state index contributed by atoms with van der Waals surface area (Å²) in [6.45, 7) is 7.48. The van der Waals surface area contributed by atoms with E-state index in [9.17, 15) is 0 Å². The molecular formula is C16H24N6O. The summed E-state index contributed by atoms with van der Waals surface area (Å²) < 4.78 is 7.59. The van der Waals surface area contributed by atoms with Gasteiger partial charge in [-0.2, -0.15) is 4.98 Å². The fourth-order valence-corrected chi connectivity index (χ4v) is 2.79. The van der Waals surface area contributed by atoms with Crippen LogP contribution in [-0.2, 0) is 17.8 Å². The molecule has 3 N–H and O–H groups in total. The number of nitrogens with two attached hydrogens (primary N) is 1. The Kier molecular flexibility index (Phi) is 4.76. The average molecular weight is 316 g/mol. The highest BCUT2D eigenvalue weighted by atomic mass is 16.5. The van der Waals surface area contributed by atoms with E-state index in [4.69, 9.17) is 10.5 Å². The minimum Gasteiger partial charge on any atom is -0.381 e. The number of ether oxygens (including phenoxy) is 1. The largest absolute Gasteiger partial charge is 0.381 e. The predicted octanol–water partition coefficient (Wildman–Crippen LogP) is 2.03. The van der Waals surface area contributed by atoms with Crippen molar-refractivity contribution < 1.29 is 4.74 Å². The van der Waals surface area contributed by atoms with E-state index in [2.05, 4.69) is 38.7 Å². The number of aromatic nitrogens is 4. The first-order valence-corrected chi connectivity index (χ1v) is 8.07. The van der Waals surface area contributed by atoms with Crippen LogP contribution < -0.4 is 11.1 Å². The number of imidazole rings is 1. The molecule has 0 spiro atoms. The summed E-state index contributed by atoms with van der Waals surface area (Å²) in [5.74, 6) is 1.93. The van der Waals surface area contributed by atoms with E-state index in [1.54, 1.807) is 0 Å². The van der Waals surface area contributed by atoms with Gasteiger partial charge in [-0.1, -0.05) is 13.8 Å². The number of nitrogens with one attached hydrogen (secondary N) is 1. The molecule has 3 rings (SSSR count). The van der Waals surface area contributed by atoms with E-state index in [0.29, 0.717) is 30.9 Å². The molecule has 7 heteroatoms. The summed E-state index contributed by atoms with van der Waals surface area (Å²) in [5, 5.41) is 3.33. The molecule has 1 unspecified atom stereocenters. The smallest absolute Gasteiger partial charge is 0.222 e. The monoisotopic (exact) mass is 316 g/mol. The zero-order chi connectivity index (χ0) is 16.2. The minimum absolute atomic E-state index is 0.299. The van der Waals surface area contributed by atoms with Gasteiger partial charge in [0.2, 0.25) is 5.95 Å². The Morgan fingerprint density at radius 3 is 3.04 bits per heavy atom. The van der Waals surface area contributed by atoms with Crippen LogP contribution in [0.5, 0.6) is 0 Å². The van der Waals surface area contributed by atoms with Crippen molar-refractivity contribution in [2.24, 2.45) is 5.92 Å². The standard InChI is InChI=1S/C16H24N6O/c1-11(2)8-22-10-18-6-13(22)7-19-15-5-14(20-16(17)21-15)12-3-4-23-9-12/h5-6,10-12H,3-4,7-9H2,1-2H3,(H3,17,19,20,21). The van der Waals surface area contributed by atoms with Crippen LogP contribution in [-0.4, -0.2) is 32.7 Å². The fourth-order valence-electron chi connectivity index (χ4n) is 2.79. The molecule has 0 saturated carbocycles. The van der Waals surface area contributed by atoms with Gasteiger partial charge in [0.05, 0.1) is 30.9 Å². The third kappa shape index (κ3) is 3.98. The van der Waals surface area contributed by atoms with Crippen LogP contribution in [0.25, 0.3) is 0 Å². The third-order valence-electron chi connectivity index (χ3n) is 3.92. The highest BCUT2D eigenvalue weighted by Crippen LogP contribution is 2.25. The zero-order valence-corrected chi connectivity index (χ0v) is 13.7. The molecule has 1 atom stereocenters. The highest BCUT2D eigenvalue weighted by Gasteiger charge is 2.20. The molecule has 1 fully saturated rings. The minimum atomic E-state index is 0.299. The van der Waals surface area contributed by atoms with Crippen LogP contribution in [0, 0.1) is 5.92 Å². The van der Waals surface area contributed by atoms with Crippen LogP contribution in [0.4, 0.5) is 11.8 Å². The molecule has 2 aromatic heterocycles. The number of hydrogen-bond acceptors (Lipinski definition) is 6. The molecule has 1 saturated heterocycles. The van der Waals surface area contributed by atoms with Crippen LogP contribution >= 0.6 is 0 Å². The van der Waals surface area contributed by atoms with Crippen molar-refractivity contribution in [2.75, 3.05) is 24.3 Å². The number of rotatable bonds is 6. The second kappa shape index (κ2) is 6.95. The Balaban J connectivity index is 1.69. The maximum absolute atomic E-state index is 5.85. The van der Waals surface area contributed by atoms with Gasteiger partial charge >= 0.3 is 0 Å². The molecule has 0 bridgehead atoms.